The zero-order valence-electron chi connectivity index (χ0n) is 9.09. The fourth-order valence-electron chi connectivity index (χ4n) is 0.745. The molecule has 0 rings (SSSR count). The lowest BCUT2D eigenvalue weighted by Gasteiger charge is -2.18. The SMILES string of the molecule is CCOC(=O)C=CC(=O)NC(C)(C)C. The van der Waals surface area contributed by atoms with Crippen LogP contribution in [0, 0.1) is 0 Å². The van der Waals surface area contributed by atoms with Gasteiger partial charge in [0.1, 0.15) is 0 Å². The molecular weight excluding hydrogens is 182 g/mol. The minimum absolute atomic E-state index is 0.296. The van der Waals surface area contributed by atoms with Gasteiger partial charge in [0.05, 0.1) is 6.61 Å². The van der Waals surface area contributed by atoms with Gasteiger partial charge in [-0.05, 0) is 27.7 Å². The monoisotopic (exact) mass is 199 g/mol. The Morgan fingerprint density at radius 3 is 2.29 bits per heavy atom. The maximum Gasteiger partial charge on any atom is 0.330 e. The Bertz CT molecular complexity index is 238. The van der Waals surface area contributed by atoms with Crippen molar-refractivity contribution in [1.82, 2.24) is 5.32 Å². The molecule has 80 valence electrons. The van der Waals surface area contributed by atoms with E-state index in [2.05, 4.69) is 10.1 Å². The van der Waals surface area contributed by atoms with Crippen molar-refractivity contribution in [2.75, 3.05) is 6.61 Å². The van der Waals surface area contributed by atoms with Crippen LogP contribution in [0.5, 0.6) is 0 Å². The Hall–Kier alpha value is -1.32. The molecule has 0 aliphatic rings. The second-order valence-electron chi connectivity index (χ2n) is 3.82. The van der Waals surface area contributed by atoms with Crippen molar-refractivity contribution in [2.24, 2.45) is 0 Å². The maximum absolute atomic E-state index is 11.2. The number of nitrogens with one attached hydrogen (secondary N) is 1. The predicted molar refractivity (Wildman–Crippen MR) is 53.7 cm³/mol. The number of hydrogen-bond donors (Lipinski definition) is 1. The molecule has 1 amide bonds. The second kappa shape index (κ2) is 5.42. The van der Waals surface area contributed by atoms with Crippen molar-refractivity contribution < 1.29 is 14.3 Å². The molecule has 14 heavy (non-hydrogen) atoms. The third kappa shape index (κ3) is 7.34. The summed E-state index contributed by atoms with van der Waals surface area (Å²) in [5.74, 6) is -0.804. The largest absolute Gasteiger partial charge is 0.463 e. The van der Waals surface area contributed by atoms with Crippen LogP contribution in [-0.4, -0.2) is 24.0 Å². The lowest BCUT2D eigenvalue weighted by molar-refractivity contribution is -0.137. The first-order chi connectivity index (χ1) is 6.35. The summed E-state index contributed by atoms with van der Waals surface area (Å²) >= 11 is 0. The van der Waals surface area contributed by atoms with Crippen molar-refractivity contribution in [3.05, 3.63) is 12.2 Å². The van der Waals surface area contributed by atoms with Crippen LogP contribution >= 0.6 is 0 Å². The average Bonchev–Trinajstić information content (AvgIpc) is 1.98. The Morgan fingerprint density at radius 1 is 1.29 bits per heavy atom. The third-order valence-electron chi connectivity index (χ3n) is 1.16. The Morgan fingerprint density at radius 2 is 1.86 bits per heavy atom. The summed E-state index contributed by atoms with van der Waals surface area (Å²) in [4.78, 5) is 22.0. The second-order valence-corrected chi connectivity index (χ2v) is 3.82. The van der Waals surface area contributed by atoms with E-state index in [4.69, 9.17) is 0 Å². The molecule has 0 aromatic rings. The van der Waals surface area contributed by atoms with Crippen LogP contribution in [0.15, 0.2) is 12.2 Å². The number of ether oxygens (including phenoxy) is 1. The zero-order chi connectivity index (χ0) is 11.2. The molecular formula is C10H17NO3. The highest BCUT2D eigenvalue weighted by Gasteiger charge is 2.11. The highest BCUT2D eigenvalue weighted by Crippen LogP contribution is 1.97. The van der Waals surface area contributed by atoms with Gasteiger partial charge in [0.15, 0.2) is 0 Å². The zero-order valence-corrected chi connectivity index (χ0v) is 9.09. The van der Waals surface area contributed by atoms with Gasteiger partial charge in [-0.15, -0.1) is 0 Å². The molecule has 0 aliphatic carbocycles. The van der Waals surface area contributed by atoms with E-state index in [1.165, 1.54) is 6.08 Å². The van der Waals surface area contributed by atoms with Crippen molar-refractivity contribution in [3.63, 3.8) is 0 Å². The van der Waals surface area contributed by atoms with Crippen LogP contribution < -0.4 is 5.32 Å². The van der Waals surface area contributed by atoms with E-state index in [0.717, 1.165) is 6.08 Å². The van der Waals surface area contributed by atoms with Crippen LogP contribution in [-0.2, 0) is 14.3 Å². The average molecular weight is 199 g/mol. The smallest absolute Gasteiger partial charge is 0.330 e. The molecule has 0 atom stereocenters. The van der Waals surface area contributed by atoms with Crippen molar-refractivity contribution in [1.29, 1.82) is 0 Å². The number of amides is 1. The molecule has 0 bridgehead atoms. The Labute approximate surface area is 84.3 Å². The van der Waals surface area contributed by atoms with Gasteiger partial charge in [-0.25, -0.2) is 4.79 Å². The molecule has 0 radical (unpaired) electrons. The first-order valence-electron chi connectivity index (χ1n) is 4.52. The fraction of sp³-hybridized carbons (Fsp3) is 0.600. The van der Waals surface area contributed by atoms with Gasteiger partial charge in [-0.1, -0.05) is 0 Å². The van der Waals surface area contributed by atoms with Gasteiger partial charge in [-0.2, -0.15) is 0 Å². The molecule has 0 fully saturated rings. The molecule has 0 unspecified atom stereocenters. The number of hydrogen-bond acceptors (Lipinski definition) is 3. The molecule has 0 heterocycles. The standard InChI is InChI=1S/C10H17NO3/c1-5-14-9(13)7-6-8(12)11-10(2,3)4/h6-7H,5H2,1-4H3,(H,11,12). The van der Waals surface area contributed by atoms with Crippen molar-refractivity contribution >= 4 is 11.9 Å². The Kier molecular flexibility index (Phi) is 4.91. The lowest BCUT2D eigenvalue weighted by Crippen LogP contribution is -2.39. The van der Waals surface area contributed by atoms with Crippen LogP contribution in [0.25, 0.3) is 0 Å². The third-order valence-corrected chi connectivity index (χ3v) is 1.16. The number of esters is 1. The van der Waals surface area contributed by atoms with Gasteiger partial charge in [0.25, 0.3) is 0 Å². The van der Waals surface area contributed by atoms with E-state index in [1.807, 2.05) is 20.8 Å². The summed E-state index contributed by atoms with van der Waals surface area (Å²) in [6, 6.07) is 0. The van der Waals surface area contributed by atoms with E-state index in [9.17, 15) is 9.59 Å². The van der Waals surface area contributed by atoms with Crippen LogP contribution in [0.1, 0.15) is 27.7 Å². The summed E-state index contributed by atoms with van der Waals surface area (Å²) in [6.07, 6.45) is 2.29. The van der Waals surface area contributed by atoms with Gasteiger partial charge in [0.2, 0.25) is 5.91 Å². The van der Waals surface area contributed by atoms with Gasteiger partial charge in [0, 0.05) is 17.7 Å². The molecule has 1 N–H and O–H groups in total. The molecule has 4 nitrogen and oxygen atoms in total. The molecule has 0 saturated heterocycles. The first kappa shape index (κ1) is 12.7. The number of carbonyl (C=O) groups is 2. The van der Waals surface area contributed by atoms with Crippen molar-refractivity contribution in [2.45, 2.75) is 33.2 Å². The predicted octanol–water partition coefficient (Wildman–Crippen LogP) is 1.02. The van der Waals surface area contributed by atoms with Crippen LogP contribution in [0.4, 0.5) is 0 Å². The summed E-state index contributed by atoms with van der Waals surface area (Å²) in [7, 11) is 0. The fourth-order valence-corrected chi connectivity index (χ4v) is 0.745. The minimum atomic E-state index is -0.503. The van der Waals surface area contributed by atoms with Crippen LogP contribution in [0.2, 0.25) is 0 Å². The van der Waals surface area contributed by atoms with E-state index < -0.39 is 5.97 Å². The highest BCUT2D eigenvalue weighted by atomic mass is 16.5. The van der Waals surface area contributed by atoms with E-state index in [0.29, 0.717) is 6.61 Å². The number of carbonyl (C=O) groups excluding carboxylic acids is 2. The van der Waals surface area contributed by atoms with Crippen molar-refractivity contribution in [3.8, 4) is 0 Å². The molecule has 0 aromatic heterocycles. The lowest BCUT2D eigenvalue weighted by atomic mass is 10.1. The van der Waals surface area contributed by atoms with E-state index in [1.54, 1.807) is 6.92 Å². The molecule has 4 heteroatoms. The molecule has 0 saturated carbocycles. The topological polar surface area (TPSA) is 55.4 Å². The quantitative estimate of drug-likeness (QED) is 0.545. The summed E-state index contributed by atoms with van der Waals surface area (Å²) in [6.45, 7) is 7.61. The minimum Gasteiger partial charge on any atom is -0.463 e. The van der Waals surface area contributed by atoms with Gasteiger partial charge < -0.3 is 10.1 Å². The van der Waals surface area contributed by atoms with Crippen LogP contribution in [0.3, 0.4) is 0 Å². The summed E-state index contributed by atoms with van der Waals surface area (Å²) in [5.41, 5.74) is -0.296. The molecule has 0 aromatic carbocycles. The van der Waals surface area contributed by atoms with E-state index in [-0.39, 0.29) is 11.4 Å². The maximum atomic E-state index is 11.2. The normalized spacial score (nSPS) is 11.4. The number of rotatable bonds is 3. The van der Waals surface area contributed by atoms with E-state index >= 15 is 0 Å². The van der Waals surface area contributed by atoms with Gasteiger partial charge in [-0.3, -0.25) is 4.79 Å². The molecule has 0 aliphatic heterocycles. The Balaban J connectivity index is 4.00. The molecule has 0 spiro atoms. The summed E-state index contributed by atoms with van der Waals surface area (Å²) < 4.78 is 4.62. The highest BCUT2D eigenvalue weighted by molar-refractivity contribution is 5.94. The first-order valence-corrected chi connectivity index (χ1v) is 4.52. The van der Waals surface area contributed by atoms with Gasteiger partial charge >= 0.3 is 5.97 Å². The summed E-state index contributed by atoms with van der Waals surface area (Å²) in [5, 5.41) is 2.68.